The highest BCUT2D eigenvalue weighted by Crippen LogP contribution is 2.39. The molecule has 21 heavy (non-hydrogen) atoms. The molecule has 4 nitrogen and oxygen atoms in total. The number of hydrogen-bond acceptors (Lipinski definition) is 5. The molecule has 1 aromatic carbocycles. The van der Waals surface area contributed by atoms with E-state index >= 15 is 0 Å². The van der Waals surface area contributed by atoms with E-state index in [1.54, 1.807) is 11.8 Å². The zero-order valence-corrected chi connectivity index (χ0v) is 13.2. The molecule has 2 aromatic rings. The van der Waals surface area contributed by atoms with Gasteiger partial charge in [0.25, 0.3) is 0 Å². The van der Waals surface area contributed by atoms with E-state index in [0.717, 1.165) is 30.3 Å². The molecular weight excluding hydrogens is 282 g/mol. The van der Waals surface area contributed by atoms with Crippen LogP contribution in [0.5, 0.6) is 0 Å². The van der Waals surface area contributed by atoms with Crippen LogP contribution in [0, 0.1) is 6.92 Å². The van der Waals surface area contributed by atoms with Gasteiger partial charge >= 0.3 is 0 Å². The molecule has 0 atom stereocenters. The number of hydrogen-bond donors (Lipinski definition) is 1. The standard InChI is InChI=1S/C16H21N3OS/c1-12-4-6-13(7-5-12)21-10-14-18-15(20-19-14)16(11-17)8-2-3-9-16/h4-7H,2-3,8-11,17H2,1H3. The molecule has 1 fully saturated rings. The second-order valence-electron chi connectivity index (χ2n) is 5.81. The predicted molar refractivity (Wildman–Crippen MR) is 84.2 cm³/mol. The minimum Gasteiger partial charge on any atom is -0.339 e. The molecule has 1 aromatic heterocycles. The van der Waals surface area contributed by atoms with Gasteiger partial charge < -0.3 is 10.3 Å². The summed E-state index contributed by atoms with van der Waals surface area (Å²) in [6.07, 6.45) is 4.53. The highest BCUT2D eigenvalue weighted by molar-refractivity contribution is 7.98. The van der Waals surface area contributed by atoms with Gasteiger partial charge in [-0.3, -0.25) is 0 Å². The molecule has 0 spiro atoms. The van der Waals surface area contributed by atoms with E-state index in [2.05, 4.69) is 41.3 Å². The molecule has 5 heteroatoms. The van der Waals surface area contributed by atoms with Crippen LogP contribution in [0.25, 0.3) is 0 Å². The second kappa shape index (κ2) is 6.20. The number of aromatic nitrogens is 2. The van der Waals surface area contributed by atoms with Crippen molar-refractivity contribution in [3.05, 3.63) is 41.5 Å². The summed E-state index contributed by atoms with van der Waals surface area (Å²) in [6.45, 7) is 2.69. The molecule has 1 aliphatic rings. The van der Waals surface area contributed by atoms with Gasteiger partial charge in [-0.25, -0.2) is 0 Å². The van der Waals surface area contributed by atoms with Gasteiger partial charge in [-0.1, -0.05) is 35.7 Å². The molecule has 0 aliphatic heterocycles. The fraction of sp³-hybridized carbons (Fsp3) is 0.500. The summed E-state index contributed by atoms with van der Waals surface area (Å²) in [6, 6.07) is 8.48. The Labute approximate surface area is 129 Å². The van der Waals surface area contributed by atoms with Crippen LogP contribution in [0.3, 0.4) is 0 Å². The molecule has 0 saturated heterocycles. The van der Waals surface area contributed by atoms with Crippen molar-refractivity contribution in [1.82, 2.24) is 10.1 Å². The van der Waals surface area contributed by atoms with E-state index in [0.29, 0.717) is 6.54 Å². The molecular formula is C16H21N3OS. The average molecular weight is 303 g/mol. The van der Waals surface area contributed by atoms with Crippen molar-refractivity contribution >= 4 is 11.8 Å². The molecule has 0 radical (unpaired) electrons. The SMILES string of the molecule is Cc1ccc(SCc2noc(C3(CN)CCCC3)n2)cc1. The molecule has 1 saturated carbocycles. The largest absolute Gasteiger partial charge is 0.339 e. The third-order valence-corrected chi connectivity index (χ3v) is 5.27. The molecule has 1 heterocycles. The van der Waals surface area contributed by atoms with Gasteiger partial charge in [-0.05, 0) is 31.9 Å². The van der Waals surface area contributed by atoms with Gasteiger partial charge in [0.15, 0.2) is 5.82 Å². The summed E-state index contributed by atoms with van der Waals surface area (Å²) in [7, 11) is 0. The third kappa shape index (κ3) is 3.14. The van der Waals surface area contributed by atoms with Crippen LogP contribution < -0.4 is 5.73 Å². The molecule has 0 unspecified atom stereocenters. The third-order valence-electron chi connectivity index (χ3n) is 4.26. The minimum atomic E-state index is -0.0697. The van der Waals surface area contributed by atoms with Crippen LogP contribution in [0.2, 0.25) is 0 Å². The molecule has 2 N–H and O–H groups in total. The number of nitrogens with two attached hydrogens (primary N) is 1. The first-order valence-electron chi connectivity index (χ1n) is 7.44. The zero-order chi connectivity index (χ0) is 14.7. The summed E-state index contributed by atoms with van der Waals surface area (Å²) >= 11 is 1.73. The van der Waals surface area contributed by atoms with Gasteiger partial charge in [-0.2, -0.15) is 4.98 Å². The Kier molecular flexibility index (Phi) is 4.31. The van der Waals surface area contributed by atoms with E-state index < -0.39 is 0 Å². The first-order chi connectivity index (χ1) is 10.2. The average Bonchev–Trinajstić information content (AvgIpc) is 3.16. The molecule has 0 amide bonds. The zero-order valence-electron chi connectivity index (χ0n) is 12.3. The number of rotatable bonds is 5. The van der Waals surface area contributed by atoms with Crippen molar-refractivity contribution in [2.45, 2.75) is 48.7 Å². The predicted octanol–water partition coefficient (Wildman–Crippen LogP) is 3.44. The Hall–Kier alpha value is -1.33. The number of aryl methyl sites for hydroxylation is 1. The highest BCUT2D eigenvalue weighted by atomic mass is 32.2. The second-order valence-corrected chi connectivity index (χ2v) is 6.86. The van der Waals surface area contributed by atoms with Gasteiger partial charge in [0.05, 0.1) is 11.2 Å². The number of benzene rings is 1. The van der Waals surface area contributed by atoms with Crippen LogP contribution in [-0.2, 0) is 11.2 Å². The van der Waals surface area contributed by atoms with E-state index in [9.17, 15) is 0 Å². The van der Waals surface area contributed by atoms with Crippen molar-refractivity contribution in [3.63, 3.8) is 0 Å². The number of thioether (sulfide) groups is 1. The van der Waals surface area contributed by atoms with E-state index in [4.69, 9.17) is 10.3 Å². The molecule has 112 valence electrons. The Bertz CT molecular complexity index is 588. The fourth-order valence-electron chi connectivity index (χ4n) is 2.87. The van der Waals surface area contributed by atoms with Gasteiger partial charge in [0.2, 0.25) is 5.89 Å². The maximum absolute atomic E-state index is 5.96. The summed E-state index contributed by atoms with van der Waals surface area (Å²) in [5.74, 6) is 2.23. The molecule has 3 rings (SSSR count). The first kappa shape index (κ1) is 14.6. The van der Waals surface area contributed by atoms with Crippen LogP contribution in [0.15, 0.2) is 33.7 Å². The van der Waals surface area contributed by atoms with Crippen molar-refractivity contribution in [1.29, 1.82) is 0 Å². The lowest BCUT2D eigenvalue weighted by molar-refractivity contribution is 0.283. The summed E-state index contributed by atoms with van der Waals surface area (Å²) in [4.78, 5) is 5.81. The van der Waals surface area contributed by atoms with Crippen molar-refractivity contribution in [2.24, 2.45) is 5.73 Å². The van der Waals surface area contributed by atoms with Gasteiger partial charge in [0.1, 0.15) is 0 Å². The lowest BCUT2D eigenvalue weighted by Gasteiger charge is -2.21. The van der Waals surface area contributed by atoms with Crippen LogP contribution in [0.1, 0.15) is 43.0 Å². The van der Waals surface area contributed by atoms with Crippen molar-refractivity contribution < 1.29 is 4.52 Å². The normalized spacial score (nSPS) is 17.2. The van der Waals surface area contributed by atoms with E-state index in [1.807, 2.05) is 0 Å². The Morgan fingerprint density at radius 2 is 1.95 bits per heavy atom. The maximum atomic E-state index is 5.96. The monoisotopic (exact) mass is 303 g/mol. The van der Waals surface area contributed by atoms with Crippen LogP contribution >= 0.6 is 11.8 Å². The molecule has 1 aliphatic carbocycles. The Morgan fingerprint density at radius 1 is 1.24 bits per heavy atom. The van der Waals surface area contributed by atoms with Gasteiger partial charge in [-0.15, -0.1) is 11.8 Å². The Morgan fingerprint density at radius 3 is 2.62 bits per heavy atom. The van der Waals surface area contributed by atoms with Gasteiger partial charge in [0, 0.05) is 11.4 Å². The summed E-state index contributed by atoms with van der Waals surface area (Å²) in [5.41, 5.74) is 7.16. The lowest BCUT2D eigenvalue weighted by atomic mass is 9.86. The van der Waals surface area contributed by atoms with E-state index in [-0.39, 0.29) is 5.41 Å². The van der Waals surface area contributed by atoms with Crippen molar-refractivity contribution in [2.75, 3.05) is 6.54 Å². The van der Waals surface area contributed by atoms with Crippen LogP contribution in [-0.4, -0.2) is 16.7 Å². The molecule has 0 bridgehead atoms. The fourth-order valence-corrected chi connectivity index (χ4v) is 3.61. The lowest BCUT2D eigenvalue weighted by Crippen LogP contribution is -2.32. The first-order valence-corrected chi connectivity index (χ1v) is 8.43. The summed E-state index contributed by atoms with van der Waals surface area (Å²) in [5, 5.41) is 4.12. The number of nitrogens with zero attached hydrogens (tertiary/aromatic N) is 2. The highest BCUT2D eigenvalue weighted by Gasteiger charge is 2.39. The van der Waals surface area contributed by atoms with Crippen molar-refractivity contribution in [3.8, 4) is 0 Å². The maximum Gasteiger partial charge on any atom is 0.234 e. The minimum absolute atomic E-state index is 0.0697. The Balaban J connectivity index is 1.66. The quantitative estimate of drug-likeness (QED) is 0.857. The van der Waals surface area contributed by atoms with E-state index in [1.165, 1.54) is 23.3 Å². The summed E-state index contributed by atoms with van der Waals surface area (Å²) < 4.78 is 5.50. The van der Waals surface area contributed by atoms with Crippen LogP contribution in [0.4, 0.5) is 0 Å². The smallest absolute Gasteiger partial charge is 0.234 e. The topological polar surface area (TPSA) is 64.9 Å².